The van der Waals surface area contributed by atoms with E-state index in [9.17, 15) is 0 Å². The van der Waals surface area contributed by atoms with Crippen LogP contribution in [-0.2, 0) is 7.05 Å². The summed E-state index contributed by atoms with van der Waals surface area (Å²) in [5.41, 5.74) is 8.34. The van der Waals surface area contributed by atoms with Gasteiger partial charge in [-0.2, -0.15) is 0 Å². The lowest BCUT2D eigenvalue weighted by atomic mass is 10.1. The van der Waals surface area contributed by atoms with Crippen molar-refractivity contribution >= 4 is 78.9 Å². The molecule has 0 saturated carbocycles. The van der Waals surface area contributed by atoms with Crippen LogP contribution in [-0.4, -0.2) is 27.2 Å². The molecular weight excluding hydrogens is 775 g/mol. The van der Waals surface area contributed by atoms with Gasteiger partial charge in [-0.05, 0) is 81.4 Å². The number of fused-ring (bicyclic) bond motifs is 7. The molecule has 0 radical (unpaired) electrons. The number of para-hydroxylation sites is 5. The molecule has 6 nitrogen and oxygen atoms in total. The Kier molecular flexibility index (Phi) is 8.30. The smallest absolute Gasteiger partial charge is 0.184 e. The molecule has 0 unspecified atom stereocenters. The molecule has 62 heavy (non-hydrogen) atoms. The Balaban J connectivity index is 1.24. The Labute approximate surface area is 360 Å². The molecule has 3 aromatic heterocycles. The van der Waals surface area contributed by atoms with Gasteiger partial charge in [-0.15, -0.1) is 0 Å². The fourth-order valence-corrected chi connectivity index (χ4v) is 15.3. The second-order valence-electron chi connectivity index (χ2n) is 15.8. The highest BCUT2D eigenvalue weighted by Crippen LogP contribution is 2.47. The Bertz CT molecular complexity index is 3420. The second kappa shape index (κ2) is 14.3. The van der Waals surface area contributed by atoms with E-state index in [1.807, 2.05) is 24.4 Å². The number of rotatable bonds is 7. The average Bonchev–Trinajstić information content (AvgIpc) is 3.87. The van der Waals surface area contributed by atoms with Gasteiger partial charge in [0.15, 0.2) is 13.8 Å². The van der Waals surface area contributed by atoms with Gasteiger partial charge in [0.05, 0.1) is 27.8 Å². The van der Waals surface area contributed by atoms with Gasteiger partial charge >= 0.3 is 0 Å². The lowest BCUT2D eigenvalue weighted by Gasteiger charge is -2.45. The van der Waals surface area contributed by atoms with Crippen LogP contribution in [0.15, 0.2) is 219 Å². The topological polar surface area (TPSA) is 48.1 Å². The van der Waals surface area contributed by atoms with Crippen molar-refractivity contribution < 1.29 is 4.74 Å². The van der Waals surface area contributed by atoms with Crippen molar-refractivity contribution in [2.24, 2.45) is 7.05 Å². The molecule has 4 heterocycles. The van der Waals surface area contributed by atoms with E-state index in [1.165, 1.54) is 26.1 Å². The first-order chi connectivity index (χ1) is 30.7. The monoisotopic (exact) mass is 813 g/mol. The number of aryl methyl sites for hydroxylation is 1. The summed E-state index contributed by atoms with van der Waals surface area (Å²) in [6.07, 6.45) is 1.88. The first-order valence-electron chi connectivity index (χ1n) is 21.0. The van der Waals surface area contributed by atoms with E-state index in [4.69, 9.17) is 14.7 Å². The molecule has 0 N–H and O–H groups in total. The largest absolute Gasteiger partial charge is 0.455 e. The van der Waals surface area contributed by atoms with Gasteiger partial charge in [0, 0.05) is 47.0 Å². The molecule has 11 aromatic rings. The zero-order chi connectivity index (χ0) is 41.2. The summed E-state index contributed by atoms with van der Waals surface area (Å²) in [7, 11) is -1.09. The van der Waals surface area contributed by atoms with E-state index in [0.717, 1.165) is 73.2 Å². The van der Waals surface area contributed by atoms with Crippen LogP contribution < -0.4 is 30.4 Å². The minimum absolute atomic E-state index is 0.718. The van der Waals surface area contributed by atoms with Crippen LogP contribution in [0.2, 0.25) is 0 Å². The second-order valence-corrected chi connectivity index (χ2v) is 19.5. The molecular formula is C55H39N5OSi. The average molecular weight is 814 g/mol. The molecule has 0 aliphatic carbocycles. The predicted octanol–water partition coefficient (Wildman–Crippen LogP) is 10.7. The predicted molar refractivity (Wildman–Crippen MR) is 257 cm³/mol. The molecule has 0 saturated heterocycles. The van der Waals surface area contributed by atoms with Crippen LogP contribution in [0.1, 0.15) is 0 Å². The summed E-state index contributed by atoms with van der Waals surface area (Å²) < 4.78 is 11.9. The van der Waals surface area contributed by atoms with Crippen LogP contribution in [0.3, 0.4) is 0 Å². The van der Waals surface area contributed by atoms with Gasteiger partial charge in [-0.3, -0.25) is 4.90 Å². The maximum Gasteiger partial charge on any atom is 0.184 e. The molecule has 1 aliphatic heterocycles. The molecule has 0 atom stereocenters. The maximum absolute atomic E-state index is 7.39. The standard InChI is InChI=1S/C55H39N5OSi/c1-58-46-31-14-12-29-44(46)57-55(58)38-20-19-23-40(36-38)61-49-37-48-54(52-43-28-11-13-30-45(43)59(53(49)52)39-21-5-2-6-22-39)62(41-24-7-3-8-25-41,42-26-9-4-10-27-42)50-33-16-15-32-47(50)60(48)51-34-17-18-35-56-51/h2-37H,1H3. The van der Waals surface area contributed by atoms with Crippen molar-refractivity contribution in [1.82, 2.24) is 19.1 Å². The van der Waals surface area contributed by atoms with Crippen molar-refractivity contribution in [3.05, 3.63) is 219 Å². The van der Waals surface area contributed by atoms with Crippen molar-refractivity contribution in [3.8, 4) is 28.6 Å². The van der Waals surface area contributed by atoms with E-state index < -0.39 is 8.07 Å². The van der Waals surface area contributed by atoms with Crippen LogP contribution in [0, 0.1) is 0 Å². The van der Waals surface area contributed by atoms with E-state index in [-0.39, 0.29) is 0 Å². The van der Waals surface area contributed by atoms with E-state index >= 15 is 0 Å². The van der Waals surface area contributed by atoms with Crippen molar-refractivity contribution in [1.29, 1.82) is 0 Å². The summed E-state index contributed by atoms with van der Waals surface area (Å²) in [4.78, 5) is 12.5. The Morgan fingerprint density at radius 3 is 1.95 bits per heavy atom. The molecule has 12 rings (SSSR count). The summed E-state index contributed by atoms with van der Waals surface area (Å²) in [5.74, 6) is 3.18. The number of pyridine rings is 1. The van der Waals surface area contributed by atoms with Gasteiger partial charge in [0.25, 0.3) is 0 Å². The van der Waals surface area contributed by atoms with Crippen molar-refractivity contribution in [3.63, 3.8) is 0 Å². The summed E-state index contributed by atoms with van der Waals surface area (Å²) in [5, 5.41) is 7.53. The van der Waals surface area contributed by atoms with E-state index in [0.29, 0.717) is 0 Å². The maximum atomic E-state index is 7.39. The zero-order valence-corrected chi connectivity index (χ0v) is 34.9. The normalized spacial score (nSPS) is 13.0. The van der Waals surface area contributed by atoms with Crippen LogP contribution in [0.5, 0.6) is 11.5 Å². The molecule has 294 valence electrons. The molecule has 7 heteroatoms. The lowest BCUT2D eigenvalue weighted by molar-refractivity contribution is 0.487. The number of nitrogens with zero attached hydrogens (tertiary/aromatic N) is 5. The Morgan fingerprint density at radius 2 is 1.21 bits per heavy atom. The zero-order valence-electron chi connectivity index (χ0n) is 33.9. The molecule has 8 aromatic carbocycles. The van der Waals surface area contributed by atoms with Gasteiger partial charge in [0.2, 0.25) is 0 Å². The third-order valence-corrected chi connectivity index (χ3v) is 17.3. The van der Waals surface area contributed by atoms with E-state index in [1.54, 1.807) is 0 Å². The van der Waals surface area contributed by atoms with Crippen molar-refractivity contribution in [2.45, 2.75) is 0 Å². The molecule has 1 aliphatic rings. The minimum atomic E-state index is -3.16. The lowest BCUT2D eigenvalue weighted by Crippen LogP contribution is -2.77. The summed E-state index contributed by atoms with van der Waals surface area (Å²) in [6, 6.07) is 75.9. The Hall–Kier alpha value is -8.00. The fourth-order valence-electron chi connectivity index (χ4n) is 9.95. The highest BCUT2D eigenvalue weighted by atomic mass is 28.3. The highest BCUT2D eigenvalue weighted by molar-refractivity contribution is 7.22. The Morgan fingerprint density at radius 1 is 0.548 bits per heavy atom. The SMILES string of the molecule is Cn1c(-c2cccc(Oc3cc4c(c5c6ccccc6n(-c6ccccc6)c35)[Si](c3ccccc3)(c3ccccc3)c3ccccc3N4c3ccccn3)c2)nc2ccccc21. The first kappa shape index (κ1) is 35.9. The van der Waals surface area contributed by atoms with E-state index in [2.05, 4.69) is 215 Å². The number of hydrogen-bond acceptors (Lipinski definition) is 4. The van der Waals surface area contributed by atoms with Gasteiger partial charge < -0.3 is 13.9 Å². The minimum Gasteiger partial charge on any atom is -0.455 e. The summed E-state index contributed by atoms with van der Waals surface area (Å²) in [6.45, 7) is 0. The number of anilines is 3. The number of benzene rings is 8. The third kappa shape index (κ3) is 5.35. The highest BCUT2D eigenvalue weighted by Gasteiger charge is 2.51. The number of hydrogen-bond donors (Lipinski definition) is 0. The summed E-state index contributed by atoms with van der Waals surface area (Å²) >= 11 is 0. The van der Waals surface area contributed by atoms with Crippen LogP contribution in [0.4, 0.5) is 17.2 Å². The number of ether oxygens (including phenoxy) is 1. The number of imidazole rings is 1. The van der Waals surface area contributed by atoms with Gasteiger partial charge in [0.1, 0.15) is 17.4 Å². The van der Waals surface area contributed by atoms with Gasteiger partial charge in [-0.25, -0.2) is 9.97 Å². The van der Waals surface area contributed by atoms with Crippen LogP contribution >= 0.6 is 0 Å². The van der Waals surface area contributed by atoms with Crippen LogP contribution in [0.25, 0.3) is 49.9 Å². The molecule has 0 spiro atoms. The first-order valence-corrected chi connectivity index (χ1v) is 23.0. The molecule has 0 bridgehead atoms. The van der Waals surface area contributed by atoms with Crippen molar-refractivity contribution in [2.75, 3.05) is 4.90 Å². The van der Waals surface area contributed by atoms with Gasteiger partial charge in [-0.1, -0.05) is 146 Å². The third-order valence-electron chi connectivity index (χ3n) is 12.5. The number of aromatic nitrogens is 4. The molecule has 0 amide bonds. The quantitative estimate of drug-likeness (QED) is 0.150. The molecule has 0 fully saturated rings. The fraction of sp³-hybridized carbons (Fsp3) is 0.0182.